The molecule has 0 fully saturated rings. The van der Waals surface area contributed by atoms with Crippen LogP contribution in [-0.4, -0.2) is 46.9 Å². The van der Waals surface area contributed by atoms with Crippen molar-refractivity contribution in [3.63, 3.8) is 0 Å². The molecule has 348 valence electrons. The third-order valence-electron chi connectivity index (χ3n) is 12.1. The number of rotatable bonds is 47. The minimum absolute atomic E-state index is 0.0759. The average Bonchev–Trinajstić information content (AvgIpc) is 3.23. The van der Waals surface area contributed by atoms with Crippen molar-refractivity contribution in [1.82, 2.24) is 5.32 Å². The molecule has 3 unspecified atom stereocenters. The van der Waals surface area contributed by atoms with E-state index in [0.717, 1.165) is 51.4 Å². The van der Waals surface area contributed by atoms with E-state index in [2.05, 4.69) is 50.4 Å². The molecule has 0 rings (SSSR count). The van der Waals surface area contributed by atoms with Crippen molar-refractivity contribution in [3.05, 3.63) is 24.3 Å². The van der Waals surface area contributed by atoms with Crippen molar-refractivity contribution >= 4 is 11.9 Å². The Labute approximate surface area is 367 Å². The maximum Gasteiger partial charge on any atom is 0.306 e. The fourth-order valence-corrected chi connectivity index (χ4v) is 8.07. The first kappa shape index (κ1) is 57.3. The van der Waals surface area contributed by atoms with Gasteiger partial charge in [-0.25, -0.2) is 0 Å². The van der Waals surface area contributed by atoms with Crippen LogP contribution in [0.5, 0.6) is 0 Å². The summed E-state index contributed by atoms with van der Waals surface area (Å²) in [5.41, 5.74) is 0. The Balaban J connectivity index is 4.45. The van der Waals surface area contributed by atoms with Crippen LogP contribution in [0.25, 0.3) is 0 Å². The molecule has 6 nitrogen and oxygen atoms in total. The van der Waals surface area contributed by atoms with Gasteiger partial charge in [-0.15, -0.1) is 0 Å². The van der Waals surface area contributed by atoms with Crippen molar-refractivity contribution < 1.29 is 24.5 Å². The molecule has 0 radical (unpaired) electrons. The van der Waals surface area contributed by atoms with Gasteiger partial charge in [0.1, 0.15) is 6.10 Å². The number of ether oxygens (including phenoxy) is 1. The summed E-state index contributed by atoms with van der Waals surface area (Å²) in [6.45, 7) is 6.47. The maximum absolute atomic E-state index is 13.2. The summed E-state index contributed by atoms with van der Waals surface area (Å²) < 4.78 is 5.91. The largest absolute Gasteiger partial charge is 0.462 e. The van der Waals surface area contributed by atoms with Crippen LogP contribution in [0, 0.1) is 0 Å². The third-order valence-corrected chi connectivity index (χ3v) is 12.1. The summed E-state index contributed by atoms with van der Waals surface area (Å²) in [6.07, 6.45) is 53.8. The van der Waals surface area contributed by atoms with E-state index in [9.17, 15) is 19.8 Å². The van der Waals surface area contributed by atoms with Gasteiger partial charge in [-0.3, -0.25) is 9.59 Å². The van der Waals surface area contributed by atoms with Gasteiger partial charge in [0.05, 0.1) is 25.2 Å². The number of carbonyl (C=O) groups excluding carboxylic acids is 2. The first-order chi connectivity index (χ1) is 29.0. The minimum atomic E-state index is -0.785. The molecule has 0 aliphatic heterocycles. The molecule has 6 heteroatoms. The molecule has 0 spiro atoms. The molecule has 0 saturated carbocycles. The van der Waals surface area contributed by atoms with E-state index in [-0.39, 0.29) is 24.9 Å². The summed E-state index contributed by atoms with van der Waals surface area (Å²) in [5.74, 6) is -0.481. The molecular weight excluding hydrogens is 731 g/mol. The predicted molar refractivity (Wildman–Crippen MR) is 255 cm³/mol. The lowest BCUT2D eigenvalue weighted by molar-refractivity contribution is -0.151. The summed E-state index contributed by atoms with van der Waals surface area (Å²) in [7, 11) is 0. The lowest BCUT2D eigenvalue weighted by Crippen LogP contribution is -2.46. The second-order valence-electron chi connectivity index (χ2n) is 18.0. The first-order valence-electron chi connectivity index (χ1n) is 26.1. The van der Waals surface area contributed by atoms with Gasteiger partial charge in [0, 0.05) is 6.42 Å². The fraction of sp³-hybridized carbons (Fsp3) is 0.887. The Morgan fingerprint density at radius 1 is 0.492 bits per heavy atom. The molecular formula is C53H101NO5. The molecule has 59 heavy (non-hydrogen) atoms. The van der Waals surface area contributed by atoms with Gasteiger partial charge < -0.3 is 20.3 Å². The highest BCUT2D eigenvalue weighted by Crippen LogP contribution is 2.18. The average molecular weight is 832 g/mol. The Bertz CT molecular complexity index is 935. The number of aliphatic hydroxyl groups excluding tert-OH is 2. The molecule has 0 aliphatic carbocycles. The smallest absolute Gasteiger partial charge is 0.306 e. The summed E-state index contributed by atoms with van der Waals surface area (Å²) in [6, 6.07) is -0.699. The zero-order valence-electron chi connectivity index (χ0n) is 39.7. The van der Waals surface area contributed by atoms with Crippen LogP contribution >= 0.6 is 0 Å². The van der Waals surface area contributed by atoms with Crippen molar-refractivity contribution in [2.75, 3.05) is 6.61 Å². The van der Waals surface area contributed by atoms with Gasteiger partial charge in [-0.05, 0) is 51.4 Å². The monoisotopic (exact) mass is 832 g/mol. The lowest BCUT2D eigenvalue weighted by atomic mass is 10.0. The number of hydrogen-bond donors (Lipinski definition) is 3. The molecule has 1 amide bonds. The van der Waals surface area contributed by atoms with Crippen molar-refractivity contribution in [2.24, 2.45) is 0 Å². The molecule has 3 atom stereocenters. The second-order valence-corrected chi connectivity index (χ2v) is 18.0. The van der Waals surface area contributed by atoms with Gasteiger partial charge in [0.15, 0.2) is 0 Å². The fourth-order valence-electron chi connectivity index (χ4n) is 8.07. The van der Waals surface area contributed by atoms with E-state index >= 15 is 0 Å². The maximum atomic E-state index is 13.2. The Morgan fingerprint density at radius 2 is 0.847 bits per heavy atom. The number of hydrogen-bond acceptors (Lipinski definition) is 5. The van der Waals surface area contributed by atoms with Crippen LogP contribution < -0.4 is 5.32 Å². The Hall–Kier alpha value is -1.66. The second kappa shape index (κ2) is 47.4. The normalized spacial score (nSPS) is 13.4. The number of nitrogens with one attached hydrogen (secondary N) is 1. The van der Waals surface area contributed by atoms with E-state index in [1.54, 1.807) is 0 Å². The standard InChI is InChI=1S/C53H101NO5/c1-4-7-10-13-16-19-21-23-24-25-26-27-29-31-34-37-40-43-46-53(58)59-49(44-41-38-35-32-18-15-12-9-6-3)47-52(57)54-50(48-55)51(56)45-42-39-36-33-30-28-22-20-17-14-11-8-5-2/h24-27,49-51,55-56H,4-23,28-48H2,1-3H3,(H,54,57)/b25-24+,27-26+. The molecule has 0 aliphatic rings. The van der Waals surface area contributed by atoms with E-state index in [4.69, 9.17) is 4.74 Å². The number of esters is 1. The molecule has 0 aromatic rings. The van der Waals surface area contributed by atoms with E-state index in [1.165, 1.54) is 180 Å². The lowest BCUT2D eigenvalue weighted by Gasteiger charge is -2.24. The molecule has 3 N–H and O–H groups in total. The van der Waals surface area contributed by atoms with Crippen molar-refractivity contribution in [3.8, 4) is 0 Å². The van der Waals surface area contributed by atoms with E-state index < -0.39 is 18.2 Å². The highest BCUT2D eigenvalue weighted by molar-refractivity contribution is 5.77. The number of aliphatic hydroxyl groups is 2. The van der Waals surface area contributed by atoms with Crippen LogP contribution in [0.3, 0.4) is 0 Å². The number of allylic oxidation sites excluding steroid dienone is 4. The van der Waals surface area contributed by atoms with Gasteiger partial charge in [0.25, 0.3) is 0 Å². The number of unbranched alkanes of at least 4 members (excludes halogenated alkanes) is 32. The molecule has 0 aromatic carbocycles. The van der Waals surface area contributed by atoms with Crippen LogP contribution in [0.4, 0.5) is 0 Å². The van der Waals surface area contributed by atoms with E-state index in [0.29, 0.717) is 19.3 Å². The third kappa shape index (κ3) is 42.8. The zero-order chi connectivity index (χ0) is 43.1. The van der Waals surface area contributed by atoms with Crippen LogP contribution in [0.2, 0.25) is 0 Å². The Morgan fingerprint density at radius 3 is 1.25 bits per heavy atom. The molecule has 0 aromatic heterocycles. The molecule has 0 heterocycles. The number of amides is 1. The predicted octanol–water partition coefficient (Wildman–Crippen LogP) is 15.5. The first-order valence-corrected chi connectivity index (χ1v) is 26.1. The van der Waals surface area contributed by atoms with Gasteiger partial charge in [-0.2, -0.15) is 0 Å². The zero-order valence-corrected chi connectivity index (χ0v) is 39.7. The van der Waals surface area contributed by atoms with Crippen LogP contribution in [-0.2, 0) is 14.3 Å². The highest BCUT2D eigenvalue weighted by atomic mass is 16.5. The Kier molecular flexibility index (Phi) is 46.1. The van der Waals surface area contributed by atoms with Crippen molar-refractivity contribution in [1.29, 1.82) is 0 Å². The van der Waals surface area contributed by atoms with Crippen molar-refractivity contribution in [2.45, 2.75) is 296 Å². The highest BCUT2D eigenvalue weighted by Gasteiger charge is 2.24. The topological polar surface area (TPSA) is 95.9 Å². The summed E-state index contributed by atoms with van der Waals surface area (Å²) in [4.78, 5) is 26.1. The van der Waals surface area contributed by atoms with Crippen LogP contribution in [0.15, 0.2) is 24.3 Å². The van der Waals surface area contributed by atoms with Crippen LogP contribution in [0.1, 0.15) is 278 Å². The molecule has 0 saturated heterocycles. The van der Waals surface area contributed by atoms with Gasteiger partial charge in [0.2, 0.25) is 5.91 Å². The number of carbonyl (C=O) groups is 2. The SMILES string of the molecule is CCCCCCCCC/C=C/C=C/CCCCCCCC(=O)OC(CCCCCCCCCCC)CC(=O)NC(CO)C(O)CCCCCCCCCCCCCCC. The summed E-state index contributed by atoms with van der Waals surface area (Å²) in [5, 5.41) is 23.7. The van der Waals surface area contributed by atoms with E-state index in [1.807, 2.05) is 0 Å². The van der Waals surface area contributed by atoms with Gasteiger partial charge >= 0.3 is 5.97 Å². The van der Waals surface area contributed by atoms with Gasteiger partial charge in [-0.1, -0.05) is 238 Å². The minimum Gasteiger partial charge on any atom is -0.462 e. The summed E-state index contributed by atoms with van der Waals surface area (Å²) >= 11 is 0. The molecule has 0 bridgehead atoms. The quantitative estimate of drug-likeness (QED) is 0.0322.